The number of thioether (sulfide) groups is 1. The zero-order chi connectivity index (χ0) is 16.2. The third kappa shape index (κ3) is 3.93. The maximum Gasteiger partial charge on any atom is 0.306 e. The summed E-state index contributed by atoms with van der Waals surface area (Å²) < 4.78 is 7.18. The van der Waals surface area contributed by atoms with Crippen LogP contribution >= 0.6 is 11.8 Å². The Labute approximate surface area is 140 Å². The lowest BCUT2D eigenvalue weighted by Gasteiger charge is -2.09. The Morgan fingerprint density at radius 1 is 1.30 bits per heavy atom. The molecule has 0 spiro atoms. The van der Waals surface area contributed by atoms with Gasteiger partial charge >= 0.3 is 5.97 Å². The Morgan fingerprint density at radius 2 is 2.04 bits per heavy atom. The van der Waals surface area contributed by atoms with Gasteiger partial charge in [0.25, 0.3) is 0 Å². The minimum atomic E-state index is -0.156. The fourth-order valence-electron chi connectivity index (χ4n) is 2.40. The van der Waals surface area contributed by atoms with Crippen LogP contribution < -0.4 is 0 Å². The van der Waals surface area contributed by atoms with Crippen molar-refractivity contribution in [1.29, 1.82) is 0 Å². The summed E-state index contributed by atoms with van der Waals surface area (Å²) in [5.41, 5.74) is 2.32. The van der Waals surface area contributed by atoms with Crippen LogP contribution in [0.3, 0.4) is 0 Å². The van der Waals surface area contributed by atoms with Crippen molar-refractivity contribution in [2.45, 2.75) is 44.3 Å². The molecule has 5 nitrogen and oxygen atoms in total. The van der Waals surface area contributed by atoms with Crippen molar-refractivity contribution in [2.75, 3.05) is 12.4 Å². The SMILES string of the molecule is CCOC(=O)CCSc1nnc(-c2ccc(C)cc2)n1C1CC1. The first-order valence-electron chi connectivity index (χ1n) is 7.99. The van der Waals surface area contributed by atoms with E-state index in [1.54, 1.807) is 11.8 Å². The Morgan fingerprint density at radius 3 is 2.70 bits per heavy atom. The molecule has 1 aromatic heterocycles. The second-order valence-electron chi connectivity index (χ2n) is 5.68. The van der Waals surface area contributed by atoms with Crippen LogP contribution in [0.4, 0.5) is 0 Å². The second kappa shape index (κ2) is 7.17. The highest BCUT2D eigenvalue weighted by atomic mass is 32.2. The molecule has 0 amide bonds. The van der Waals surface area contributed by atoms with Gasteiger partial charge in [0.05, 0.1) is 13.0 Å². The molecule has 0 aliphatic heterocycles. The highest BCUT2D eigenvalue weighted by Crippen LogP contribution is 2.41. The van der Waals surface area contributed by atoms with Gasteiger partial charge in [-0.2, -0.15) is 0 Å². The number of carbonyl (C=O) groups excluding carboxylic acids is 1. The van der Waals surface area contributed by atoms with E-state index in [9.17, 15) is 4.79 Å². The van der Waals surface area contributed by atoms with Gasteiger partial charge in [0.2, 0.25) is 0 Å². The maximum absolute atomic E-state index is 11.4. The van der Waals surface area contributed by atoms with Gasteiger partial charge < -0.3 is 4.74 Å². The first-order chi connectivity index (χ1) is 11.2. The van der Waals surface area contributed by atoms with Crippen LogP contribution in [0.25, 0.3) is 11.4 Å². The number of aryl methyl sites for hydroxylation is 1. The lowest BCUT2D eigenvalue weighted by molar-refractivity contribution is -0.142. The molecule has 1 aliphatic rings. The van der Waals surface area contributed by atoms with E-state index >= 15 is 0 Å². The van der Waals surface area contributed by atoms with Crippen LogP contribution in [-0.2, 0) is 9.53 Å². The fourth-order valence-corrected chi connectivity index (χ4v) is 3.32. The van der Waals surface area contributed by atoms with Gasteiger partial charge in [-0.05, 0) is 26.7 Å². The highest BCUT2D eigenvalue weighted by Gasteiger charge is 2.30. The summed E-state index contributed by atoms with van der Waals surface area (Å²) in [6.07, 6.45) is 2.74. The van der Waals surface area contributed by atoms with Crippen molar-refractivity contribution < 1.29 is 9.53 Å². The largest absolute Gasteiger partial charge is 0.466 e. The molecule has 122 valence electrons. The molecule has 3 rings (SSSR count). The van der Waals surface area contributed by atoms with Crippen LogP contribution in [0.1, 0.15) is 37.8 Å². The van der Waals surface area contributed by atoms with Crippen molar-refractivity contribution in [2.24, 2.45) is 0 Å². The number of benzene rings is 1. The van der Waals surface area contributed by atoms with E-state index in [4.69, 9.17) is 4.74 Å². The minimum Gasteiger partial charge on any atom is -0.466 e. The van der Waals surface area contributed by atoms with E-state index in [0.29, 0.717) is 24.8 Å². The zero-order valence-electron chi connectivity index (χ0n) is 13.5. The monoisotopic (exact) mass is 331 g/mol. The first kappa shape index (κ1) is 16.1. The predicted molar refractivity (Wildman–Crippen MR) is 90.4 cm³/mol. The molecular weight excluding hydrogens is 310 g/mol. The number of ether oxygens (including phenoxy) is 1. The Hall–Kier alpha value is -1.82. The van der Waals surface area contributed by atoms with Crippen LogP contribution in [0.15, 0.2) is 29.4 Å². The number of aromatic nitrogens is 3. The van der Waals surface area contributed by atoms with E-state index in [1.807, 2.05) is 6.92 Å². The number of hydrogen-bond acceptors (Lipinski definition) is 5. The molecule has 1 aromatic carbocycles. The number of hydrogen-bond donors (Lipinski definition) is 0. The Balaban J connectivity index is 1.74. The van der Waals surface area contributed by atoms with Gasteiger partial charge in [-0.1, -0.05) is 41.6 Å². The molecule has 0 bridgehead atoms. The topological polar surface area (TPSA) is 57.0 Å². The Bertz CT molecular complexity index is 678. The smallest absolute Gasteiger partial charge is 0.306 e. The van der Waals surface area contributed by atoms with Crippen molar-refractivity contribution >= 4 is 17.7 Å². The van der Waals surface area contributed by atoms with Crippen molar-refractivity contribution in [3.8, 4) is 11.4 Å². The number of rotatable bonds is 7. The molecule has 0 radical (unpaired) electrons. The van der Waals surface area contributed by atoms with Crippen LogP contribution in [0.5, 0.6) is 0 Å². The summed E-state index contributed by atoms with van der Waals surface area (Å²) in [7, 11) is 0. The van der Waals surface area contributed by atoms with Gasteiger partial charge in [-0.25, -0.2) is 0 Å². The Kier molecular flexibility index (Phi) is 5.00. The van der Waals surface area contributed by atoms with Gasteiger partial charge in [0, 0.05) is 17.4 Å². The molecule has 1 heterocycles. The summed E-state index contributed by atoms with van der Waals surface area (Å²) >= 11 is 1.58. The average molecular weight is 331 g/mol. The second-order valence-corrected chi connectivity index (χ2v) is 6.74. The molecule has 6 heteroatoms. The average Bonchev–Trinajstić information content (AvgIpc) is 3.29. The highest BCUT2D eigenvalue weighted by molar-refractivity contribution is 7.99. The predicted octanol–water partition coefficient (Wildman–Crippen LogP) is 3.63. The number of carbonyl (C=O) groups is 1. The van der Waals surface area contributed by atoms with Gasteiger partial charge in [0.15, 0.2) is 11.0 Å². The minimum absolute atomic E-state index is 0.156. The summed E-state index contributed by atoms with van der Waals surface area (Å²) in [4.78, 5) is 11.4. The molecule has 0 unspecified atom stereocenters. The van der Waals surface area contributed by atoms with E-state index in [0.717, 1.165) is 16.5 Å². The van der Waals surface area contributed by atoms with E-state index in [1.165, 1.54) is 18.4 Å². The molecule has 0 atom stereocenters. The third-order valence-electron chi connectivity index (χ3n) is 3.73. The van der Waals surface area contributed by atoms with Gasteiger partial charge in [-0.15, -0.1) is 10.2 Å². The van der Waals surface area contributed by atoms with Gasteiger partial charge in [0.1, 0.15) is 0 Å². The van der Waals surface area contributed by atoms with Crippen molar-refractivity contribution in [1.82, 2.24) is 14.8 Å². The standard InChI is InChI=1S/C17H21N3O2S/c1-3-22-15(21)10-11-23-17-19-18-16(20(17)14-8-9-14)13-6-4-12(2)5-7-13/h4-7,14H,3,8-11H2,1-2H3. The van der Waals surface area contributed by atoms with E-state index < -0.39 is 0 Å². The lowest BCUT2D eigenvalue weighted by Crippen LogP contribution is -2.05. The summed E-state index contributed by atoms with van der Waals surface area (Å²) in [5, 5.41) is 9.63. The summed E-state index contributed by atoms with van der Waals surface area (Å²) in [6.45, 7) is 4.33. The molecule has 1 saturated carbocycles. The van der Waals surface area contributed by atoms with Crippen LogP contribution in [-0.4, -0.2) is 33.1 Å². The van der Waals surface area contributed by atoms with Gasteiger partial charge in [-0.3, -0.25) is 9.36 Å². The summed E-state index contributed by atoms with van der Waals surface area (Å²) in [5.74, 6) is 1.43. The van der Waals surface area contributed by atoms with Crippen molar-refractivity contribution in [3.05, 3.63) is 29.8 Å². The van der Waals surface area contributed by atoms with Crippen LogP contribution in [0.2, 0.25) is 0 Å². The molecule has 23 heavy (non-hydrogen) atoms. The maximum atomic E-state index is 11.4. The summed E-state index contributed by atoms with van der Waals surface area (Å²) in [6, 6.07) is 8.85. The van der Waals surface area contributed by atoms with Crippen molar-refractivity contribution in [3.63, 3.8) is 0 Å². The van der Waals surface area contributed by atoms with Crippen LogP contribution in [0, 0.1) is 6.92 Å². The molecule has 2 aromatic rings. The first-order valence-corrected chi connectivity index (χ1v) is 8.98. The molecule has 1 aliphatic carbocycles. The number of esters is 1. The number of nitrogens with zero attached hydrogens (tertiary/aromatic N) is 3. The zero-order valence-corrected chi connectivity index (χ0v) is 14.3. The lowest BCUT2D eigenvalue weighted by atomic mass is 10.1. The molecule has 1 fully saturated rings. The van der Waals surface area contributed by atoms with E-state index in [-0.39, 0.29) is 5.97 Å². The quantitative estimate of drug-likeness (QED) is 0.573. The third-order valence-corrected chi connectivity index (χ3v) is 4.67. The normalized spacial score (nSPS) is 14.0. The molecular formula is C17H21N3O2S. The molecule has 0 saturated heterocycles. The van der Waals surface area contributed by atoms with E-state index in [2.05, 4.69) is 46.0 Å². The molecule has 0 N–H and O–H groups in total. The fraction of sp³-hybridized carbons (Fsp3) is 0.471.